The first-order chi connectivity index (χ1) is 13.1. The predicted octanol–water partition coefficient (Wildman–Crippen LogP) is 4.01. The quantitative estimate of drug-likeness (QED) is 0.762. The van der Waals surface area contributed by atoms with E-state index < -0.39 is 12.0 Å². The lowest BCUT2D eigenvalue weighted by Crippen LogP contribution is -2.18. The van der Waals surface area contributed by atoms with Crippen LogP contribution in [0.15, 0.2) is 60.7 Å². The Balaban J connectivity index is 1.93. The fourth-order valence-electron chi connectivity index (χ4n) is 3.52. The van der Waals surface area contributed by atoms with Crippen molar-refractivity contribution in [2.45, 2.75) is 12.5 Å². The zero-order valence-electron chi connectivity index (χ0n) is 14.7. The number of carbonyl (C=O) groups is 1. The third kappa shape index (κ3) is 3.12. The lowest BCUT2D eigenvalue weighted by molar-refractivity contribution is -0.117. The van der Waals surface area contributed by atoms with Gasteiger partial charge in [0.2, 0.25) is 5.91 Å². The number of fused-ring (bicyclic) bond motifs is 3. The van der Waals surface area contributed by atoms with Crippen LogP contribution in [-0.2, 0) is 11.2 Å². The molecule has 0 aromatic heterocycles. The molecular weight excluding hydrogens is 345 g/mol. The zero-order valence-corrected chi connectivity index (χ0v) is 14.7. The minimum absolute atomic E-state index is 0.127. The number of nitrogens with two attached hydrogens (primary N) is 1. The summed E-state index contributed by atoms with van der Waals surface area (Å²) in [6.07, 6.45) is -0.370. The molecule has 0 radical (unpaired) electrons. The molecule has 0 aliphatic carbocycles. The van der Waals surface area contributed by atoms with Gasteiger partial charge < -0.3 is 15.2 Å². The van der Waals surface area contributed by atoms with Crippen LogP contribution in [0.5, 0.6) is 11.5 Å². The monoisotopic (exact) mass is 363 g/mol. The minimum Gasteiger partial charge on any atom is -0.496 e. The maximum atomic E-state index is 13.8. The van der Waals surface area contributed by atoms with Crippen molar-refractivity contribution < 1.29 is 18.7 Å². The Morgan fingerprint density at radius 1 is 1.15 bits per heavy atom. The van der Waals surface area contributed by atoms with E-state index in [4.69, 9.17) is 15.2 Å². The molecule has 1 aliphatic rings. The van der Waals surface area contributed by atoms with Gasteiger partial charge in [-0.2, -0.15) is 0 Å². The molecule has 1 atom stereocenters. The van der Waals surface area contributed by atoms with Crippen molar-refractivity contribution in [1.29, 1.82) is 0 Å². The molecule has 3 aromatic rings. The van der Waals surface area contributed by atoms with E-state index in [1.54, 1.807) is 13.2 Å². The lowest BCUT2D eigenvalue weighted by Gasteiger charge is -2.30. The van der Waals surface area contributed by atoms with Gasteiger partial charge in [0.05, 0.1) is 19.1 Å². The highest BCUT2D eigenvalue weighted by Crippen LogP contribution is 2.49. The normalized spacial score (nSPS) is 14.7. The highest BCUT2D eigenvalue weighted by molar-refractivity contribution is 5.83. The Kier molecular flexibility index (Phi) is 4.28. The van der Waals surface area contributed by atoms with Gasteiger partial charge in [-0.1, -0.05) is 36.4 Å². The Morgan fingerprint density at radius 3 is 2.70 bits per heavy atom. The standard InChI is InChI=1S/C22H18FNO3/c1-26-18-6-3-7-19-21(18)16-9-8-13(11-20(24)25)10-17(16)22(27-19)14-4-2-5-15(23)12-14/h2-10,12,22H,11H2,1H3,(H2,24,25). The highest BCUT2D eigenvalue weighted by Gasteiger charge is 2.30. The molecule has 2 N–H and O–H groups in total. The second-order valence-corrected chi connectivity index (χ2v) is 6.45. The Labute approximate surface area is 156 Å². The number of hydrogen-bond donors (Lipinski definition) is 1. The van der Waals surface area contributed by atoms with Gasteiger partial charge in [0.15, 0.2) is 0 Å². The fraction of sp³-hybridized carbons (Fsp3) is 0.136. The van der Waals surface area contributed by atoms with E-state index in [-0.39, 0.29) is 12.2 Å². The summed E-state index contributed by atoms with van der Waals surface area (Å²) in [6, 6.07) is 17.6. The lowest BCUT2D eigenvalue weighted by atomic mass is 9.87. The van der Waals surface area contributed by atoms with Crippen molar-refractivity contribution >= 4 is 5.91 Å². The second kappa shape index (κ2) is 6.76. The van der Waals surface area contributed by atoms with Gasteiger partial charge in [0.25, 0.3) is 0 Å². The molecule has 5 heteroatoms. The molecule has 0 saturated carbocycles. The van der Waals surface area contributed by atoms with E-state index in [0.29, 0.717) is 17.1 Å². The summed E-state index contributed by atoms with van der Waals surface area (Å²) in [7, 11) is 1.61. The summed E-state index contributed by atoms with van der Waals surface area (Å²) in [4.78, 5) is 11.4. The minimum atomic E-state index is -0.497. The van der Waals surface area contributed by atoms with E-state index in [2.05, 4.69) is 0 Å². The van der Waals surface area contributed by atoms with Crippen molar-refractivity contribution in [3.05, 3.63) is 83.2 Å². The van der Waals surface area contributed by atoms with Crippen LogP contribution >= 0.6 is 0 Å². The van der Waals surface area contributed by atoms with Crippen molar-refractivity contribution in [1.82, 2.24) is 0 Å². The number of carbonyl (C=O) groups excluding carboxylic acids is 1. The summed E-state index contributed by atoms with van der Waals surface area (Å²) >= 11 is 0. The van der Waals surface area contributed by atoms with E-state index in [1.165, 1.54) is 12.1 Å². The molecule has 1 aliphatic heterocycles. The molecule has 1 amide bonds. The van der Waals surface area contributed by atoms with Crippen LogP contribution in [0.1, 0.15) is 22.8 Å². The fourth-order valence-corrected chi connectivity index (χ4v) is 3.52. The van der Waals surface area contributed by atoms with E-state index >= 15 is 0 Å². The van der Waals surface area contributed by atoms with Gasteiger partial charge in [-0.05, 0) is 41.0 Å². The number of benzene rings is 3. The maximum absolute atomic E-state index is 13.8. The number of amides is 1. The predicted molar refractivity (Wildman–Crippen MR) is 100 cm³/mol. The first-order valence-corrected chi connectivity index (χ1v) is 8.57. The van der Waals surface area contributed by atoms with E-state index in [0.717, 1.165) is 22.3 Å². The van der Waals surface area contributed by atoms with Crippen LogP contribution in [0, 0.1) is 5.82 Å². The Morgan fingerprint density at radius 2 is 1.96 bits per heavy atom. The van der Waals surface area contributed by atoms with E-state index in [9.17, 15) is 9.18 Å². The molecular formula is C22H18FNO3. The summed E-state index contributed by atoms with van der Waals surface area (Å²) in [5.74, 6) is 0.613. The molecule has 0 spiro atoms. The molecule has 27 heavy (non-hydrogen) atoms. The number of primary amides is 1. The summed E-state index contributed by atoms with van der Waals surface area (Å²) in [5, 5.41) is 0. The largest absolute Gasteiger partial charge is 0.496 e. The van der Waals surface area contributed by atoms with Crippen molar-refractivity contribution in [2.24, 2.45) is 5.73 Å². The maximum Gasteiger partial charge on any atom is 0.221 e. The van der Waals surface area contributed by atoms with Gasteiger partial charge in [-0.15, -0.1) is 0 Å². The molecule has 0 saturated heterocycles. The first-order valence-electron chi connectivity index (χ1n) is 8.57. The summed E-state index contributed by atoms with van der Waals surface area (Å²) in [6.45, 7) is 0. The molecule has 1 heterocycles. The van der Waals surface area contributed by atoms with Crippen molar-refractivity contribution in [3.63, 3.8) is 0 Å². The van der Waals surface area contributed by atoms with Gasteiger partial charge in [-0.3, -0.25) is 4.79 Å². The first kappa shape index (κ1) is 17.1. The summed E-state index contributed by atoms with van der Waals surface area (Å²) in [5.41, 5.74) is 9.44. The molecule has 4 rings (SSSR count). The van der Waals surface area contributed by atoms with Gasteiger partial charge >= 0.3 is 0 Å². The third-order valence-electron chi connectivity index (χ3n) is 4.65. The molecule has 1 unspecified atom stereocenters. The third-order valence-corrected chi connectivity index (χ3v) is 4.65. The van der Waals surface area contributed by atoms with Gasteiger partial charge in [0, 0.05) is 5.56 Å². The molecule has 3 aromatic carbocycles. The van der Waals surface area contributed by atoms with Crippen LogP contribution in [0.3, 0.4) is 0 Å². The Bertz CT molecular complexity index is 1030. The van der Waals surface area contributed by atoms with Gasteiger partial charge in [-0.25, -0.2) is 4.39 Å². The summed E-state index contributed by atoms with van der Waals surface area (Å²) < 4.78 is 25.6. The Hall–Kier alpha value is -3.34. The average Bonchev–Trinajstić information content (AvgIpc) is 2.66. The zero-order chi connectivity index (χ0) is 19.0. The number of methoxy groups -OCH3 is 1. The van der Waals surface area contributed by atoms with Crippen molar-refractivity contribution in [3.8, 4) is 22.6 Å². The van der Waals surface area contributed by atoms with Crippen LogP contribution in [0.25, 0.3) is 11.1 Å². The highest BCUT2D eigenvalue weighted by atomic mass is 19.1. The molecule has 0 fully saturated rings. The van der Waals surface area contributed by atoms with Crippen molar-refractivity contribution in [2.75, 3.05) is 7.11 Å². The van der Waals surface area contributed by atoms with Crippen LogP contribution in [-0.4, -0.2) is 13.0 Å². The molecule has 0 bridgehead atoms. The number of ether oxygens (including phenoxy) is 2. The second-order valence-electron chi connectivity index (χ2n) is 6.45. The smallest absolute Gasteiger partial charge is 0.221 e. The van der Waals surface area contributed by atoms with Gasteiger partial charge in [0.1, 0.15) is 23.4 Å². The van der Waals surface area contributed by atoms with Crippen LogP contribution in [0.2, 0.25) is 0 Å². The SMILES string of the molecule is COc1cccc2c1-c1ccc(CC(N)=O)cc1C(c1cccc(F)c1)O2. The molecule has 4 nitrogen and oxygen atoms in total. The molecule has 136 valence electrons. The van der Waals surface area contributed by atoms with Crippen LogP contribution in [0.4, 0.5) is 4.39 Å². The average molecular weight is 363 g/mol. The van der Waals surface area contributed by atoms with Crippen LogP contribution < -0.4 is 15.2 Å². The van der Waals surface area contributed by atoms with E-state index in [1.807, 2.05) is 42.5 Å². The topological polar surface area (TPSA) is 61.5 Å². The number of hydrogen-bond acceptors (Lipinski definition) is 3. The number of rotatable bonds is 4. The number of halogens is 1.